The lowest BCUT2D eigenvalue weighted by Crippen LogP contribution is -2.50. The maximum Gasteiger partial charge on any atom is 0.253 e. The summed E-state index contributed by atoms with van der Waals surface area (Å²) in [7, 11) is -3.58. The van der Waals surface area contributed by atoms with E-state index in [0.717, 1.165) is 11.1 Å². The molecule has 4 rings (SSSR count). The monoisotopic (exact) mass is 406 g/mol. The molecule has 0 atom stereocenters. The highest BCUT2D eigenvalue weighted by Gasteiger charge is 2.30. The smallest absolute Gasteiger partial charge is 0.253 e. The highest BCUT2D eigenvalue weighted by Crippen LogP contribution is 2.23. The molecule has 148 valence electrons. The Morgan fingerprint density at radius 3 is 1.76 bits per heavy atom. The molecule has 3 aromatic carbocycles. The summed E-state index contributed by atoms with van der Waals surface area (Å²) >= 11 is 0. The van der Waals surface area contributed by atoms with Crippen LogP contribution in [0.5, 0.6) is 0 Å². The number of carbonyl (C=O) groups excluding carboxylic acids is 1. The molecule has 5 nitrogen and oxygen atoms in total. The van der Waals surface area contributed by atoms with Gasteiger partial charge in [-0.25, -0.2) is 8.42 Å². The molecule has 0 N–H and O–H groups in total. The number of piperazine rings is 1. The van der Waals surface area contributed by atoms with Gasteiger partial charge in [0.1, 0.15) is 0 Å². The number of benzene rings is 3. The van der Waals surface area contributed by atoms with E-state index >= 15 is 0 Å². The molecule has 0 unspecified atom stereocenters. The van der Waals surface area contributed by atoms with Crippen LogP contribution in [-0.2, 0) is 10.0 Å². The Kier molecular flexibility index (Phi) is 5.47. The van der Waals surface area contributed by atoms with E-state index in [1.807, 2.05) is 60.7 Å². The second-order valence-electron chi connectivity index (χ2n) is 6.95. The van der Waals surface area contributed by atoms with Crippen molar-refractivity contribution in [3.8, 4) is 11.1 Å². The molecular formula is C23H22N2O3S. The molecule has 0 bridgehead atoms. The van der Waals surface area contributed by atoms with Gasteiger partial charge < -0.3 is 4.90 Å². The maximum absolute atomic E-state index is 13.0. The number of hydrogen-bond acceptors (Lipinski definition) is 3. The molecule has 0 spiro atoms. The molecule has 1 aliphatic rings. The van der Waals surface area contributed by atoms with Crippen molar-refractivity contribution in [2.45, 2.75) is 4.90 Å². The van der Waals surface area contributed by atoms with Gasteiger partial charge in [-0.3, -0.25) is 4.79 Å². The van der Waals surface area contributed by atoms with E-state index in [0.29, 0.717) is 31.7 Å². The standard InChI is InChI=1S/C23H22N2O3S/c26-23(21-9-5-2-6-10-21)24-15-17-25(18-16-24)29(27,28)22-13-11-20(12-14-22)19-7-3-1-4-8-19/h1-14H,15-18H2. The maximum atomic E-state index is 13.0. The number of carbonyl (C=O) groups is 1. The minimum atomic E-state index is -3.58. The van der Waals surface area contributed by atoms with Gasteiger partial charge in [0.25, 0.3) is 5.91 Å². The Hall–Kier alpha value is -2.96. The molecule has 1 saturated heterocycles. The Morgan fingerprint density at radius 2 is 1.17 bits per heavy atom. The number of nitrogens with zero attached hydrogens (tertiary/aromatic N) is 2. The summed E-state index contributed by atoms with van der Waals surface area (Å²) < 4.78 is 27.5. The highest BCUT2D eigenvalue weighted by molar-refractivity contribution is 7.89. The van der Waals surface area contributed by atoms with Crippen LogP contribution < -0.4 is 0 Å². The van der Waals surface area contributed by atoms with Crippen LogP contribution in [-0.4, -0.2) is 49.7 Å². The first kappa shape index (κ1) is 19.4. The van der Waals surface area contributed by atoms with Crippen molar-refractivity contribution in [3.05, 3.63) is 90.5 Å². The first-order chi connectivity index (χ1) is 14.1. The zero-order chi connectivity index (χ0) is 20.3. The molecule has 6 heteroatoms. The van der Waals surface area contributed by atoms with E-state index in [-0.39, 0.29) is 10.8 Å². The van der Waals surface area contributed by atoms with Crippen LogP contribution in [0.3, 0.4) is 0 Å². The van der Waals surface area contributed by atoms with E-state index in [2.05, 4.69) is 0 Å². The van der Waals surface area contributed by atoms with E-state index in [9.17, 15) is 13.2 Å². The minimum Gasteiger partial charge on any atom is -0.336 e. The lowest BCUT2D eigenvalue weighted by atomic mass is 10.1. The van der Waals surface area contributed by atoms with Crippen LogP contribution in [0.2, 0.25) is 0 Å². The Morgan fingerprint density at radius 1 is 0.655 bits per heavy atom. The van der Waals surface area contributed by atoms with Gasteiger partial charge in [0.15, 0.2) is 0 Å². The SMILES string of the molecule is O=C(c1ccccc1)N1CCN(S(=O)(=O)c2ccc(-c3ccccc3)cc2)CC1. The molecule has 0 saturated carbocycles. The third kappa shape index (κ3) is 4.09. The average Bonchev–Trinajstić information content (AvgIpc) is 2.80. The van der Waals surface area contributed by atoms with E-state index in [4.69, 9.17) is 0 Å². The Balaban J connectivity index is 1.44. The van der Waals surface area contributed by atoms with E-state index < -0.39 is 10.0 Å². The Bertz CT molecular complexity index is 1070. The molecule has 0 aromatic heterocycles. The zero-order valence-corrected chi connectivity index (χ0v) is 16.8. The van der Waals surface area contributed by atoms with Gasteiger partial charge >= 0.3 is 0 Å². The molecule has 1 heterocycles. The molecule has 0 radical (unpaired) electrons. The van der Waals surface area contributed by atoms with Gasteiger partial charge in [-0.15, -0.1) is 0 Å². The van der Waals surface area contributed by atoms with Crippen molar-refractivity contribution >= 4 is 15.9 Å². The molecule has 3 aromatic rings. The summed E-state index contributed by atoms with van der Waals surface area (Å²) in [4.78, 5) is 14.5. The summed E-state index contributed by atoms with van der Waals surface area (Å²) in [5.41, 5.74) is 2.65. The summed E-state index contributed by atoms with van der Waals surface area (Å²) in [5.74, 6) is -0.0603. The molecule has 29 heavy (non-hydrogen) atoms. The van der Waals surface area contributed by atoms with Crippen molar-refractivity contribution in [2.75, 3.05) is 26.2 Å². The van der Waals surface area contributed by atoms with Gasteiger partial charge in [-0.2, -0.15) is 4.31 Å². The summed E-state index contributed by atoms with van der Waals surface area (Å²) in [6.07, 6.45) is 0. The van der Waals surface area contributed by atoms with Gasteiger partial charge in [-0.05, 0) is 35.4 Å². The van der Waals surface area contributed by atoms with Crippen LogP contribution in [0.1, 0.15) is 10.4 Å². The van der Waals surface area contributed by atoms with Gasteiger partial charge in [-0.1, -0.05) is 60.7 Å². The average molecular weight is 407 g/mol. The summed E-state index contributed by atoms with van der Waals surface area (Å²) in [5, 5.41) is 0. The topological polar surface area (TPSA) is 57.7 Å². The third-order valence-electron chi connectivity index (χ3n) is 5.15. The number of sulfonamides is 1. The summed E-state index contributed by atoms with van der Waals surface area (Å²) in [6.45, 7) is 1.35. The van der Waals surface area contributed by atoms with Crippen molar-refractivity contribution < 1.29 is 13.2 Å². The fraction of sp³-hybridized carbons (Fsp3) is 0.174. The molecule has 0 aliphatic carbocycles. The van der Waals surface area contributed by atoms with Gasteiger partial charge in [0.2, 0.25) is 10.0 Å². The highest BCUT2D eigenvalue weighted by atomic mass is 32.2. The minimum absolute atomic E-state index is 0.0603. The molecular weight excluding hydrogens is 384 g/mol. The van der Waals surface area contributed by atoms with Crippen molar-refractivity contribution in [1.82, 2.24) is 9.21 Å². The number of rotatable bonds is 4. The zero-order valence-electron chi connectivity index (χ0n) is 15.9. The molecule has 1 amide bonds. The van der Waals surface area contributed by atoms with Crippen molar-refractivity contribution in [1.29, 1.82) is 0 Å². The van der Waals surface area contributed by atoms with Crippen LogP contribution in [0.15, 0.2) is 89.8 Å². The first-order valence-electron chi connectivity index (χ1n) is 9.56. The largest absolute Gasteiger partial charge is 0.336 e. The fourth-order valence-electron chi connectivity index (χ4n) is 3.49. The van der Waals surface area contributed by atoms with Crippen LogP contribution in [0, 0.1) is 0 Å². The lowest BCUT2D eigenvalue weighted by molar-refractivity contribution is 0.0698. The summed E-state index contributed by atoms with van der Waals surface area (Å²) in [6, 6.07) is 25.9. The van der Waals surface area contributed by atoms with E-state index in [1.54, 1.807) is 29.2 Å². The third-order valence-corrected chi connectivity index (χ3v) is 7.06. The first-order valence-corrected chi connectivity index (χ1v) is 11.0. The quantitative estimate of drug-likeness (QED) is 0.666. The molecule has 1 aliphatic heterocycles. The molecule has 1 fully saturated rings. The lowest BCUT2D eigenvalue weighted by Gasteiger charge is -2.34. The number of hydrogen-bond donors (Lipinski definition) is 0. The normalized spacial score (nSPS) is 15.2. The second-order valence-corrected chi connectivity index (χ2v) is 8.89. The van der Waals surface area contributed by atoms with Crippen LogP contribution in [0.25, 0.3) is 11.1 Å². The second kappa shape index (κ2) is 8.19. The number of amides is 1. The fourth-order valence-corrected chi connectivity index (χ4v) is 4.92. The Labute approximate surface area is 171 Å². The predicted molar refractivity (Wildman–Crippen MR) is 113 cm³/mol. The predicted octanol–water partition coefficient (Wildman–Crippen LogP) is 3.50. The van der Waals surface area contributed by atoms with Crippen LogP contribution >= 0.6 is 0 Å². The van der Waals surface area contributed by atoms with Crippen LogP contribution in [0.4, 0.5) is 0 Å². The van der Waals surface area contributed by atoms with E-state index in [1.165, 1.54) is 4.31 Å². The van der Waals surface area contributed by atoms with Crippen molar-refractivity contribution in [3.63, 3.8) is 0 Å². The van der Waals surface area contributed by atoms with Gasteiger partial charge in [0, 0.05) is 31.7 Å². The van der Waals surface area contributed by atoms with Gasteiger partial charge in [0.05, 0.1) is 4.90 Å². The van der Waals surface area contributed by atoms with Crippen molar-refractivity contribution in [2.24, 2.45) is 0 Å².